The zero-order chi connectivity index (χ0) is 32.2. The third kappa shape index (κ3) is 4.94. The number of amides is 1. The average molecular weight is 646 g/mol. The summed E-state index contributed by atoms with van der Waals surface area (Å²) in [7, 11) is 2.10. The van der Waals surface area contributed by atoms with Gasteiger partial charge in [-0.05, 0) is 50.4 Å². The van der Waals surface area contributed by atoms with Gasteiger partial charge in [-0.2, -0.15) is 10.2 Å². The predicted octanol–water partition coefficient (Wildman–Crippen LogP) is 3.85. The van der Waals surface area contributed by atoms with Gasteiger partial charge in [-0.15, -0.1) is 0 Å². The van der Waals surface area contributed by atoms with Crippen molar-refractivity contribution < 1.29 is 13.9 Å². The SMILES string of the molecule is C=C(F)C(=O)N1CCN(c2nc(=O)n(C[C@@H]3CCCN3C)c3c2CCN(c2cccc4cccc(Cl)c24)C32COC2)C[C@@H]1CC#N. The number of benzene rings is 2. The number of likely N-dealkylation sites (N-methyl/N-ethyl adjacent to an activating group) is 1. The Hall–Kier alpha value is -3.98. The summed E-state index contributed by atoms with van der Waals surface area (Å²) in [5.74, 6) is -1.28. The Labute approximate surface area is 272 Å². The van der Waals surface area contributed by atoms with E-state index in [0.717, 1.165) is 47.1 Å². The maximum Gasteiger partial charge on any atom is 0.349 e. The number of carbonyl (C=O) groups excluding carboxylic acids is 1. The van der Waals surface area contributed by atoms with Gasteiger partial charge >= 0.3 is 5.69 Å². The summed E-state index contributed by atoms with van der Waals surface area (Å²) in [5, 5.41) is 12.2. The number of halogens is 2. The minimum absolute atomic E-state index is 0.0240. The molecule has 3 fully saturated rings. The molecule has 240 valence electrons. The number of fused-ring (bicyclic) bond motifs is 3. The molecule has 3 saturated heterocycles. The number of nitrogens with zero attached hydrogens (tertiary/aromatic N) is 7. The molecule has 2 atom stereocenters. The molecule has 2 aromatic carbocycles. The molecule has 0 unspecified atom stereocenters. The van der Waals surface area contributed by atoms with E-state index in [1.54, 1.807) is 0 Å². The Morgan fingerprint density at radius 2 is 1.96 bits per heavy atom. The number of likely N-dealkylation sites (tertiary alicyclic amines) is 1. The van der Waals surface area contributed by atoms with E-state index < -0.39 is 23.3 Å². The molecule has 0 radical (unpaired) electrons. The van der Waals surface area contributed by atoms with E-state index in [1.165, 1.54) is 4.90 Å². The molecular formula is C34H37ClFN7O3. The van der Waals surface area contributed by atoms with Gasteiger partial charge in [0.1, 0.15) is 11.4 Å². The number of anilines is 2. The summed E-state index contributed by atoms with van der Waals surface area (Å²) >= 11 is 6.83. The zero-order valence-corrected chi connectivity index (χ0v) is 26.7. The quantitative estimate of drug-likeness (QED) is 0.373. The molecule has 0 bridgehead atoms. The fraction of sp³-hybridized carbons (Fsp3) is 0.471. The summed E-state index contributed by atoms with van der Waals surface area (Å²) in [6, 6.07) is 13.9. The Morgan fingerprint density at radius 3 is 2.63 bits per heavy atom. The Morgan fingerprint density at radius 1 is 1.17 bits per heavy atom. The lowest BCUT2D eigenvalue weighted by Gasteiger charge is -2.55. The highest BCUT2D eigenvalue weighted by Crippen LogP contribution is 2.48. The van der Waals surface area contributed by atoms with Crippen molar-refractivity contribution in [3.63, 3.8) is 0 Å². The molecule has 7 rings (SSSR count). The van der Waals surface area contributed by atoms with Crippen molar-refractivity contribution in [2.45, 2.75) is 49.9 Å². The lowest BCUT2D eigenvalue weighted by molar-refractivity contribution is -0.131. The van der Waals surface area contributed by atoms with E-state index in [9.17, 15) is 19.2 Å². The lowest BCUT2D eigenvalue weighted by atomic mass is 9.81. The van der Waals surface area contributed by atoms with Gasteiger partial charge in [-0.3, -0.25) is 9.36 Å². The van der Waals surface area contributed by atoms with Gasteiger partial charge in [0.25, 0.3) is 5.91 Å². The van der Waals surface area contributed by atoms with Crippen LogP contribution in [0.4, 0.5) is 15.9 Å². The molecule has 1 aromatic heterocycles. The van der Waals surface area contributed by atoms with E-state index in [1.807, 2.05) is 27.7 Å². The van der Waals surface area contributed by atoms with Crippen LogP contribution in [0.3, 0.4) is 0 Å². The largest absolute Gasteiger partial charge is 0.376 e. The monoisotopic (exact) mass is 645 g/mol. The summed E-state index contributed by atoms with van der Waals surface area (Å²) in [4.78, 5) is 39.6. The van der Waals surface area contributed by atoms with Gasteiger partial charge < -0.3 is 24.3 Å². The van der Waals surface area contributed by atoms with Gasteiger partial charge in [0.2, 0.25) is 0 Å². The van der Waals surface area contributed by atoms with Gasteiger partial charge in [0.05, 0.1) is 42.5 Å². The van der Waals surface area contributed by atoms with E-state index in [0.29, 0.717) is 50.1 Å². The highest BCUT2D eigenvalue weighted by atomic mass is 35.5. The third-order valence-corrected chi connectivity index (χ3v) is 10.6. The van der Waals surface area contributed by atoms with Crippen LogP contribution < -0.4 is 15.5 Å². The maximum absolute atomic E-state index is 14.2. The Balaban J connectivity index is 1.37. The molecule has 1 amide bonds. The fourth-order valence-corrected chi connectivity index (χ4v) is 8.23. The molecule has 1 spiro atoms. The summed E-state index contributed by atoms with van der Waals surface area (Å²) in [6.07, 6.45) is 2.71. The highest BCUT2D eigenvalue weighted by Gasteiger charge is 2.53. The standard InChI is InChI=1S/C34H37ClFN7O3/c1-22(36)32(44)41-17-16-40(18-25(41)11-13-37)31-26-12-15-43(28-10-4-7-23-6-3-9-27(35)29(23)28)34(20-46-21-34)30(26)42(33(45)38-31)19-24-8-5-14-39(24)2/h3-4,6-7,9-10,24-25H,1,5,8,11-12,14-21H2,2H3/t24-,25-/m0/s1. The van der Waals surface area contributed by atoms with Gasteiger partial charge in [-0.25, -0.2) is 9.18 Å². The number of nitriles is 1. The Bertz CT molecular complexity index is 1810. The van der Waals surface area contributed by atoms with Crippen molar-refractivity contribution in [1.82, 2.24) is 19.4 Å². The molecule has 3 aromatic rings. The molecule has 10 nitrogen and oxygen atoms in total. The summed E-state index contributed by atoms with van der Waals surface area (Å²) in [5.41, 5.74) is 1.95. The van der Waals surface area contributed by atoms with Crippen LogP contribution in [0.25, 0.3) is 10.8 Å². The molecule has 46 heavy (non-hydrogen) atoms. The van der Waals surface area contributed by atoms with Crippen LogP contribution in [0.1, 0.15) is 30.5 Å². The molecule has 4 aliphatic heterocycles. The first-order valence-electron chi connectivity index (χ1n) is 15.9. The van der Waals surface area contributed by atoms with Crippen LogP contribution in [0.15, 0.2) is 53.6 Å². The molecule has 5 heterocycles. The number of carbonyl (C=O) groups is 1. The lowest BCUT2D eigenvalue weighted by Crippen LogP contribution is -2.65. The first-order valence-corrected chi connectivity index (χ1v) is 16.3. The van der Waals surface area contributed by atoms with Gasteiger partial charge in [0, 0.05) is 55.4 Å². The van der Waals surface area contributed by atoms with E-state index >= 15 is 0 Å². The van der Waals surface area contributed by atoms with Crippen molar-refractivity contribution in [3.8, 4) is 6.07 Å². The number of ether oxygens (including phenoxy) is 1. The first kappa shape index (κ1) is 30.7. The molecule has 4 aliphatic rings. The average Bonchev–Trinajstić information content (AvgIpc) is 3.44. The summed E-state index contributed by atoms with van der Waals surface area (Å²) in [6.45, 7) is 6.94. The van der Waals surface area contributed by atoms with E-state index in [-0.39, 0.29) is 31.2 Å². The molecule has 0 aliphatic carbocycles. The molecule has 0 N–H and O–H groups in total. The van der Waals surface area contributed by atoms with Crippen LogP contribution >= 0.6 is 11.6 Å². The van der Waals surface area contributed by atoms with Crippen LogP contribution in [-0.2, 0) is 28.0 Å². The zero-order valence-electron chi connectivity index (χ0n) is 25.9. The van der Waals surface area contributed by atoms with Gasteiger partial charge in [-0.1, -0.05) is 42.4 Å². The predicted molar refractivity (Wildman–Crippen MR) is 175 cm³/mol. The number of rotatable bonds is 6. The number of hydrogen-bond donors (Lipinski definition) is 0. The van der Waals surface area contributed by atoms with Crippen LogP contribution in [0.5, 0.6) is 0 Å². The maximum atomic E-state index is 14.2. The van der Waals surface area contributed by atoms with Crippen molar-refractivity contribution in [1.29, 1.82) is 5.26 Å². The van der Waals surface area contributed by atoms with Crippen molar-refractivity contribution >= 4 is 39.8 Å². The fourth-order valence-electron chi connectivity index (χ4n) is 7.95. The van der Waals surface area contributed by atoms with Crippen molar-refractivity contribution in [2.24, 2.45) is 0 Å². The van der Waals surface area contributed by atoms with Crippen molar-refractivity contribution in [2.75, 3.05) is 62.8 Å². The smallest absolute Gasteiger partial charge is 0.349 e. The molecule has 0 saturated carbocycles. The van der Waals surface area contributed by atoms with Crippen LogP contribution in [-0.4, -0.2) is 90.3 Å². The second-order valence-corrected chi connectivity index (χ2v) is 13.2. The minimum Gasteiger partial charge on any atom is -0.376 e. The molecule has 12 heteroatoms. The first-order chi connectivity index (χ1) is 22.2. The second-order valence-electron chi connectivity index (χ2n) is 12.8. The second kappa shape index (κ2) is 12.0. The van der Waals surface area contributed by atoms with E-state index in [4.69, 9.17) is 21.3 Å². The topological polar surface area (TPSA) is 97.9 Å². The van der Waals surface area contributed by atoms with Gasteiger partial charge in [0.15, 0.2) is 5.83 Å². The number of hydrogen-bond acceptors (Lipinski definition) is 8. The molecular weight excluding hydrogens is 609 g/mol. The number of piperazine rings is 1. The van der Waals surface area contributed by atoms with E-state index in [2.05, 4.69) is 47.7 Å². The third-order valence-electron chi connectivity index (χ3n) is 10.3. The minimum atomic E-state index is -1.05. The van der Waals surface area contributed by atoms with Crippen LogP contribution in [0.2, 0.25) is 5.02 Å². The van der Waals surface area contributed by atoms with Crippen molar-refractivity contribution in [3.05, 3.63) is 75.6 Å². The Kier molecular flexibility index (Phi) is 7.99. The summed E-state index contributed by atoms with van der Waals surface area (Å²) < 4.78 is 21.8. The number of aromatic nitrogens is 2. The highest BCUT2D eigenvalue weighted by molar-refractivity contribution is 6.36. The normalized spacial score (nSPS) is 22.5. The van der Waals surface area contributed by atoms with Crippen LogP contribution in [0, 0.1) is 11.3 Å².